The van der Waals surface area contributed by atoms with E-state index in [1.807, 2.05) is 0 Å². The molecular weight excluding hydrogens is 323 g/mol. The van der Waals surface area contributed by atoms with Crippen molar-refractivity contribution in [3.63, 3.8) is 0 Å². The van der Waals surface area contributed by atoms with Crippen molar-refractivity contribution in [3.8, 4) is 0 Å². The SMILES string of the molecule is CCOC(=O)C1=C(C(F)(F)F)Nc2[nH]ncc2C1c1ccccc1. The monoisotopic (exact) mass is 337 g/mol. The Bertz CT molecular complexity index is 781. The minimum absolute atomic E-state index is 0.0206. The molecule has 24 heavy (non-hydrogen) atoms. The Hall–Kier alpha value is -2.77. The number of benzene rings is 1. The average molecular weight is 337 g/mol. The van der Waals surface area contributed by atoms with Crippen LogP contribution in [-0.4, -0.2) is 28.9 Å². The van der Waals surface area contributed by atoms with E-state index in [0.29, 0.717) is 11.1 Å². The Labute approximate surface area is 135 Å². The normalized spacial score (nSPS) is 17.2. The predicted octanol–water partition coefficient (Wildman–Crippen LogP) is 3.35. The van der Waals surface area contributed by atoms with Gasteiger partial charge in [-0.1, -0.05) is 30.3 Å². The number of allylic oxidation sites excluding steroid dienone is 1. The van der Waals surface area contributed by atoms with Crippen molar-refractivity contribution in [1.82, 2.24) is 10.2 Å². The van der Waals surface area contributed by atoms with Crippen molar-refractivity contribution in [2.75, 3.05) is 11.9 Å². The number of alkyl halides is 3. The fraction of sp³-hybridized carbons (Fsp3) is 0.250. The highest BCUT2D eigenvalue weighted by molar-refractivity contribution is 5.94. The summed E-state index contributed by atoms with van der Waals surface area (Å²) in [5, 5.41) is 8.55. The lowest BCUT2D eigenvalue weighted by Gasteiger charge is -2.29. The van der Waals surface area contributed by atoms with Crippen molar-refractivity contribution in [1.29, 1.82) is 0 Å². The predicted molar refractivity (Wildman–Crippen MR) is 80.2 cm³/mol. The number of H-pyrrole nitrogens is 1. The van der Waals surface area contributed by atoms with Crippen molar-refractivity contribution in [3.05, 3.63) is 58.9 Å². The van der Waals surface area contributed by atoms with Crippen LogP contribution in [0.1, 0.15) is 24.0 Å². The number of rotatable bonds is 3. The second kappa shape index (κ2) is 6.03. The third-order valence-corrected chi connectivity index (χ3v) is 3.70. The summed E-state index contributed by atoms with van der Waals surface area (Å²) in [7, 11) is 0. The van der Waals surface area contributed by atoms with Gasteiger partial charge in [-0.05, 0) is 12.5 Å². The minimum atomic E-state index is -4.74. The summed E-state index contributed by atoms with van der Waals surface area (Å²) in [5.74, 6) is -1.81. The van der Waals surface area contributed by atoms with Crippen LogP contribution in [0.2, 0.25) is 0 Å². The molecule has 0 aliphatic carbocycles. The molecule has 0 fully saturated rings. The van der Waals surface area contributed by atoms with E-state index in [2.05, 4.69) is 15.5 Å². The zero-order valence-electron chi connectivity index (χ0n) is 12.6. The maximum absolute atomic E-state index is 13.5. The Balaban J connectivity index is 2.24. The smallest absolute Gasteiger partial charge is 0.431 e. The lowest BCUT2D eigenvalue weighted by Crippen LogP contribution is -2.32. The summed E-state index contributed by atoms with van der Waals surface area (Å²) >= 11 is 0. The molecule has 1 aromatic heterocycles. The van der Waals surface area contributed by atoms with Gasteiger partial charge in [-0.2, -0.15) is 18.3 Å². The van der Waals surface area contributed by atoms with Gasteiger partial charge < -0.3 is 10.1 Å². The summed E-state index contributed by atoms with van der Waals surface area (Å²) in [5.41, 5.74) is -0.597. The van der Waals surface area contributed by atoms with Crippen LogP contribution in [0.25, 0.3) is 0 Å². The Morgan fingerprint density at radius 1 is 1.29 bits per heavy atom. The summed E-state index contributed by atoms with van der Waals surface area (Å²) in [4.78, 5) is 12.3. The number of halogens is 3. The number of carbonyl (C=O) groups is 1. The van der Waals surface area contributed by atoms with Crippen LogP contribution in [0.5, 0.6) is 0 Å². The molecule has 0 amide bonds. The lowest BCUT2D eigenvalue weighted by atomic mass is 9.82. The van der Waals surface area contributed by atoms with Crippen LogP contribution in [-0.2, 0) is 9.53 Å². The van der Waals surface area contributed by atoms with Gasteiger partial charge in [0.2, 0.25) is 0 Å². The highest BCUT2D eigenvalue weighted by Crippen LogP contribution is 2.45. The van der Waals surface area contributed by atoms with Crippen LogP contribution in [0.15, 0.2) is 47.8 Å². The number of aromatic amines is 1. The molecular formula is C16H14F3N3O2. The van der Waals surface area contributed by atoms with Gasteiger partial charge in [0.1, 0.15) is 11.5 Å². The number of ether oxygens (including phenoxy) is 1. The molecule has 0 saturated heterocycles. The van der Waals surface area contributed by atoms with Gasteiger partial charge in [0.25, 0.3) is 0 Å². The van der Waals surface area contributed by atoms with E-state index >= 15 is 0 Å². The van der Waals surface area contributed by atoms with Crippen LogP contribution in [0.4, 0.5) is 19.0 Å². The number of esters is 1. The Morgan fingerprint density at radius 2 is 2.00 bits per heavy atom. The van der Waals surface area contributed by atoms with E-state index in [1.165, 1.54) is 6.20 Å². The number of nitrogens with one attached hydrogen (secondary N) is 2. The fourth-order valence-corrected chi connectivity index (χ4v) is 2.75. The summed E-state index contributed by atoms with van der Waals surface area (Å²) in [6, 6.07) is 8.49. The first-order valence-electron chi connectivity index (χ1n) is 7.27. The average Bonchev–Trinajstić information content (AvgIpc) is 3.01. The molecule has 2 heterocycles. The van der Waals surface area contributed by atoms with Crippen LogP contribution in [0, 0.1) is 0 Å². The Kier molecular flexibility index (Phi) is 4.04. The van der Waals surface area contributed by atoms with E-state index in [1.54, 1.807) is 37.3 Å². The number of carbonyl (C=O) groups excluding carboxylic acids is 1. The topological polar surface area (TPSA) is 67.0 Å². The maximum atomic E-state index is 13.5. The molecule has 0 saturated carbocycles. The van der Waals surface area contributed by atoms with Crippen molar-refractivity contribution in [2.24, 2.45) is 0 Å². The summed E-state index contributed by atoms with van der Waals surface area (Å²) < 4.78 is 45.4. The van der Waals surface area contributed by atoms with E-state index in [-0.39, 0.29) is 12.4 Å². The molecule has 8 heteroatoms. The van der Waals surface area contributed by atoms with Gasteiger partial charge in [0, 0.05) is 11.5 Å². The van der Waals surface area contributed by atoms with Crippen molar-refractivity contribution in [2.45, 2.75) is 19.0 Å². The number of anilines is 1. The number of aromatic nitrogens is 2. The van der Waals surface area contributed by atoms with E-state index in [4.69, 9.17) is 4.74 Å². The van der Waals surface area contributed by atoms with Gasteiger partial charge in [-0.15, -0.1) is 0 Å². The second-order valence-corrected chi connectivity index (χ2v) is 5.18. The standard InChI is InChI=1S/C16H14F3N3O2/c1-2-24-15(23)12-11(9-6-4-3-5-7-9)10-8-20-22-14(10)21-13(12)16(17,18)19/h3-8,11H,2H2,1H3,(H2,20,21,22). The first kappa shape index (κ1) is 16.1. The van der Waals surface area contributed by atoms with Gasteiger partial charge in [-0.3, -0.25) is 5.10 Å². The van der Waals surface area contributed by atoms with Gasteiger partial charge in [-0.25, -0.2) is 4.79 Å². The fourth-order valence-electron chi connectivity index (χ4n) is 2.75. The molecule has 2 N–H and O–H groups in total. The third-order valence-electron chi connectivity index (χ3n) is 3.70. The molecule has 0 radical (unpaired) electrons. The first-order chi connectivity index (χ1) is 11.4. The number of fused-ring (bicyclic) bond motifs is 1. The van der Waals surface area contributed by atoms with E-state index < -0.39 is 29.3 Å². The summed E-state index contributed by atoms with van der Waals surface area (Å²) in [6.45, 7) is 1.52. The molecule has 3 rings (SSSR count). The molecule has 1 atom stereocenters. The molecule has 126 valence electrons. The van der Waals surface area contributed by atoms with Gasteiger partial charge in [0.15, 0.2) is 0 Å². The Morgan fingerprint density at radius 3 is 2.62 bits per heavy atom. The zero-order valence-corrected chi connectivity index (χ0v) is 12.6. The molecule has 1 unspecified atom stereocenters. The highest BCUT2D eigenvalue weighted by Gasteiger charge is 2.46. The summed E-state index contributed by atoms with van der Waals surface area (Å²) in [6.07, 6.45) is -3.33. The molecule has 1 aromatic carbocycles. The van der Waals surface area contributed by atoms with E-state index in [9.17, 15) is 18.0 Å². The molecule has 5 nitrogen and oxygen atoms in total. The second-order valence-electron chi connectivity index (χ2n) is 5.18. The maximum Gasteiger partial charge on any atom is 0.431 e. The lowest BCUT2D eigenvalue weighted by molar-refractivity contribution is -0.140. The van der Waals surface area contributed by atoms with Crippen LogP contribution < -0.4 is 5.32 Å². The first-order valence-corrected chi connectivity index (χ1v) is 7.27. The molecule has 1 aliphatic heterocycles. The quantitative estimate of drug-likeness (QED) is 0.843. The highest BCUT2D eigenvalue weighted by atomic mass is 19.4. The van der Waals surface area contributed by atoms with Crippen LogP contribution in [0.3, 0.4) is 0 Å². The van der Waals surface area contributed by atoms with Crippen molar-refractivity contribution >= 4 is 11.8 Å². The number of hydrogen-bond acceptors (Lipinski definition) is 4. The zero-order chi connectivity index (χ0) is 17.3. The minimum Gasteiger partial charge on any atom is -0.463 e. The largest absolute Gasteiger partial charge is 0.463 e. The molecule has 0 spiro atoms. The van der Waals surface area contributed by atoms with E-state index in [0.717, 1.165) is 0 Å². The van der Waals surface area contributed by atoms with Crippen LogP contribution >= 0.6 is 0 Å². The molecule has 1 aliphatic rings. The van der Waals surface area contributed by atoms with Crippen molar-refractivity contribution < 1.29 is 22.7 Å². The molecule has 0 bridgehead atoms. The van der Waals surface area contributed by atoms with Gasteiger partial charge in [0.05, 0.1) is 18.4 Å². The number of nitrogens with zero attached hydrogens (tertiary/aromatic N) is 1. The third kappa shape index (κ3) is 2.75. The van der Waals surface area contributed by atoms with Gasteiger partial charge >= 0.3 is 12.1 Å². The molecule has 2 aromatic rings. The number of hydrogen-bond donors (Lipinski definition) is 2.